The fourth-order valence-electron chi connectivity index (χ4n) is 2.77. The number of aromatic hydroxyl groups is 1. The zero-order chi connectivity index (χ0) is 20.8. The zero-order valence-corrected chi connectivity index (χ0v) is 16.2. The second-order valence-electron chi connectivity index (χ2n) is 6.36. The van der Waals surface area contributed by atoms with Crippen molar-refractivity contribution in [3.8, 4) is 5.75 Å². The van der Waals surface area contributed by atoms with Gasteiger partial charge in [-0.15, -0.1) is 0 Å². The molecule has 1 fully saturated rings. The van der Waals surface area contributed by atoms with Crippen LogP contribution in [0.5, 0.6) is 5.75 Å². The van der Waals surface area contributed by atoms with Crippen molar-refractivity contribution in [3.63, 3.8) is 0 Å². The van der Waals surface area contributed by atoms with Crippen LogP contribution >= 0.6 is 11.8 Å². The number of thioether (sulfide) groups is 1. The van der Waals surface area contributed by atoms with E-state index in [1.54, 1.807) is 24.3 Å². The molecule has 1 heterocycles. The van der Waals surface area contributed by atoms with Crippen molar-refractivity contribution in [3.05, 3.63) is 70.4 Å². The number of phenolic OH excluding ortho intramolecular Hbond substituents is 1. The molecule has 0 radical (unpaired) electrons. The number of aryl methyl sites for hydroxylation is 1. The standard InChI is InChI=1S/C21H19FN2O4S/c22-16-8-5-14(6-9-16)13-18-20(27)24(21(28)29-18)12-11-23-19(26)10-7-15-3-1-2-4-17(15)25/h1-6,8-9,13,25H,7,10-12H2,(H,23,26)/b18-13-. The van der Waals surface area contributed by atoms with Crippen LogP contribution in [0.3, 0.4) is 0 Å². The van der Waals surface area contributed by atoms with Gasteiger partial charge in [0, 0.05) is 19.5 Å². The number of hydrogen-bond acceptors (Lipinski definition) is 5. The SMILES string of the molecule is O=C(CCc1ccccc1O)NCCN1C(=O)S/C(=C\c2ccc(F)cc2)C1=O. The summed E-state index contributed by atoms with van der Waals surface area (Å²) in [7, 11) is 0. The molecule has 3 amide bonds. The predicted octanol–water partition coefficient (Wildman–Crippen LogP) is 3.32. The lowest BCUT2D eigenvalue weighted by Crippen LogP contribution is -2.37. The third kappa shape index (κ3) is 5.45. The Morgan fingerprint density at radius 1 is 1.14 bits per heavy atom. The normalized spacial score (nSPS) is 15.2. The maximum Gasteiger partial charge on any atom is 0.293 e. The maximum atomic E-state index is 13.0. The van der Waals surface area contributed by atoms with Gasteiger partial charge in [0.2, 0.25) is 5.91 Å². The molecule has 2 aromatic rings. The molecule has 29 heavy (non-hydrogen) atoms. The minimum atomic E-state index is -0.437. The summed E-state index contributed by atoms with van der Waals surface area (Å²) in [5, 5.41) is 12.0. The number of para-hydroxylation sites is 1. The highest BCUT2D eigenvalue weighted by molar-refractivity contribution is 8.18. The van der Waals surface area contributed by atoms with Crippen LogP contribution in [-0.2, 0) is 16.0 Å². The molecule has 0 aromatic heterocycles. The number of rotatable bonds is 7. The molecule has 2 aromatic carbocycles. The van der Waals surface area contributed by atoms with Gasteiger partial charge in [0.25, 0.3) is 11.1 Å². The van der Waals surface area contributed by atoms with E-state index in [0.717, 1.165) is 16.7 Å². The maximum absolute atomic E-state index is 13.0. The smallest absolute Gasteiger partial charge is 0.293 e. The number of nitrogens with zero attached hydrogens (tertiary/aromatic N) is 1. The average molecular weight is 414 g/mol. The number of carbonyl (C=O) groups excluding carboxylic acids is 3. The number of hydrogen-bond donors (Lipinski definition) is 2. The van der Waals surface area contributed by atoms with Crippen molar-refractivity contribution in [2.24, 2.45) is 0 Å². The number of imide groups is 1. The van der Waals surface area contributed by atoms with Gasteiger partial charge < -0.3 is 10.4 Å². The van der Waals surface area contributed by atoms with E-state index in [1.807, 2.05) is 0 Å². The number of halogens is 1. The topological polar surface area (TPSA) is 86.7 Å². The number of phenols is 1. The van der Waals surface area contributed by atoms with E-state index < -0.39 is 11.1 Å². The van der Waals surface area contributed by atoms with Gasteiger partial charge >= 0.3 is 0 Å². The Bertz CT molecular complexity index is 959. The van der Waals surface area contributed by atoms with E-state index in [4.69, 9.17) is 0 Å². The van der Waals surface area contributed by atoms with Gasteiger partial charge in [-0.25, -0.2) is 4.39 Å². The quantitative estimate of drug-likeness (QED) is 0.679. The minimum Gasteiger partial charge on any atom is -0.508 e. The van der Waals surface area contributed by atoms with E-state index >= 15 is 0 Å². The Balaban J connectivity index is 1.48. The van der Waals surface area contributed by atoms with E-state index in [0.29, 0.717) is 17.5 Å². The summed E-state index contributed by atoms with van der Waals surface area (Å²) in [5.41, 5.74) is 1.30. The third-order valence-electron chi connectivity index (χ3n) is 4.31. The molecule has 150 valence electrons. The summed E-state index contributed by atoms with van der Waals surface area (Å²) < 4.78 is 13.0. The Kier molecular flexibility index (Phi) is 6.66. The van der Waals surface area contributed by atoms with E-state index in [1.165, 1.54) is 30.3 Å². The number of nitrogens with one attached hydrogen (secondary N) is 1. The number of carbonyl (C=O) groups is 3. The summed E-state index contributed by atoms with van der Waals surface area (Å²) >= 11 is 0.813. The van der Waals surface area contributed by atoms with Gasteiger partial charge in [-0.05, 0) is 53.6 Å². The summed E-state index contributed by atoms with van der Waals surface area (Å²) in [4.78, 5) is 37.8. The molecule has 0 spiro atoms. The van der Waals surface area contributed by atoms with Gasteiger partial charge in [0.1, 0.15) is 11.6 Å². The van der Waals surface area contributed by atoms with Gasteiger partial charge in [-0.2, -0.15) is 0 Å². The van der Waals surface area contributed by atoms with Crippen LogP contribution < -0.4 is 5.32 Å². The van der Waals surface area contributed by atoms with Crippen molar-refractivity contribution in [2.75, 3.05) is 13.1 Å². The van der Waals surface area contributed by atoms with E-state index in [9.17, 15) is 23.9 Å². The van der Waals surface area contributed by atoms with Gasteiger partial charge in [-0.3, -0.25) is 19.3 Å². The Labute approximate surface area is 171 Å². The molecule has 8 heteroatoms. The molecular weight excluding hydrogens is 395 g/mol. The van der Waals surface area contributed by atoms with Crippen molar-refractivity contribution in [1.29, 1.82) is 0 Å². The molecule has 0 bridgehead atoms. The molecular formula is C21H19FN2O4S. The van der Waals surface area contributed by atoms with E-state index in [2.05, 4.69) is 5.32 Å². The lowest BCUT2D eigenvalue weighted by molar-refractivity contribution is -0.124. The van der Waals surface area contributed by atoms with Gasteiger partial charge in [-0.1, -0.05) is 30.3 Å². The molecule has 0 saturated carbocycles. The van der Waals surface area contributed by atoms with Crippen LogP contribution in [0, 0.1) is 5.82 Å². The molecule has 6 nitrogen and oxygen atoms in total. The highest BCUT2D eigenvalue weighted by Crippen LogP contribution is 2.31. The van der Waals surface area contributed by atoms with Crippen LogP contribution in [-0.4, -0.2) is 40.1 Å². The van der Waals surface area contributed by atoms with Gasteiger partial charge in [0.15, 0.2) is 0 Å². The molecule has 2 N–H and O–H groups in total. The van der Waals surface area contributed by atoms with Crippen molar-refractivity contribution < 1.29 is 23.9 Å². The molecule has 1 aliphatic rings. The fraction of sp³-hybridized carbons (Fsp3) is 0.190. The first-order valence-electron chi connectivity index (χ1n) is 8.98. The molecule has 0 unspecified atom stereocenters. The second kappa shape index (κ2) is 9.38. The molecule has 0 aliphatic carbocycles. The fourth-order valence-corrected chi connectivity index (χ4v) is 3.63. The minimum absolute atomic E-state index is 0.0632. The van der Waals surface area contributed by atoms with Crippen LogP contribution in [0.2, 0.25) is 0 Å². The van der Waals surface area contributed by atoms with Crippen LogP contribution in [0.15, 0.2) is 53.4 Å². The summed E-state index contributed by atoms with van der Waals surface area (Å²) in [6.45, 7) is 0.204. The van der Waals surface area contributed by atoms with Gasteiger partial charge in [0.05, 0.1) is 4.91 Å². The zero-order valence-electron chi connectivity index (χ0n) is 15.4. The third-order valence-corrected chi connectivity index (χ3v) is 5.22. The highest BCUT2D eigenvalue weighted by Gasteiger charge is 2.34. The summed E-state index contributed by atoms with van der Waals surface area (Å²) in [6.07, 6.45) is 2.11. The molecule has 3 rings (SSSR count). The Hall–Kier alpha value is -3.13. The number of amides is 3. The highest BCUT2D eigenvalue weighted by atomic mass is 32.2. The predicted molar refractivity (Wildman–Crippen MR) is 109 cm³/mol. The Morgan fingerprint density at radius 3 is 2.59 bits per heavy atom. The first kappa shape index (κ1) is 20.6. The largest absolute Gasteiger partial charge is 0.508 e. The summed E-state index contributed by atoms with van der Waals surface area (Å²) in [6, 6.07) is 12.4. The Morgan fingerprint density at radius 2 is 1.86 bits per heavy atom. The molecule has 1 aliphatic heterocycles. The van der Waals surface area contributed by atoms with Crippen molar-refractivity contribution in [1.82, 2.24) is 10.2 Å². The monoisotopic (exact) mass is 414 g/mol. The number of benzene rings is 2. The molecule has 0 atom stereocenters. The van der Waals surface area contributed by atoms with Crippen LogP contribution in [0.1, 0.15) is 17.5 Å². The molecule has 1 saturated heterocycles. The lowest BCUT2D eigenvalue weighted by Gasteiger charge is -2.13. The second-order valence-corrected chi connectivity index (χ2v) is 7.36. The lowest BCUT2D eigenvalue weighted by atomic mass is 10.1. The summed E-state index contributed by atoms with van der Waals surface area (Å²) in [5.74, 6) is -0.908. The van der Waals surface area contributed by atoms with Crippen molar-refractivity contribution in [2.45, 2.75) is 12.8 Å². The van der Waals surface area contributed by atoms with Crippen LogP contribution in [0.25, 0.3) is 6.08 Å². The van der Waals surface area contributed by atoms with Crippen LogP contribution in [0.4, 0.5) is 9.18 Å². The van der Waals surface area contributed by atoms with Crippen molar-refractivity contribution >= 4 is 34.9 Å². The average Bonchev–Trinajstić information content (AvgIpc) is 2.96. The first-order chi connectivity index (χ1) is 13.9. The first-order valence-corrected chi connectivity index (χ1v) is 9.80. The van der Waals surface area contributed by atoms with E-state index in [-0.39, 0.29) is 41.9 Å².